The van der Waals surface area contributed by atoms with Gasteiger partial charge >= 0.3 is 0 Å². The molecule has 0 amide bonds. The van der Waals surface area contributed by atoms with E-state index in [1.165, 1.54) is 5.56 Å². The first-order valence-corrected chi connectivity index (χ1v) is 8.10. The zero-order chi connectivity index (χ0) is 15.0. The van der Waals surface area contributed by atoms with Crippen LogP contribution in [0, 0.1) is 13.8 Å². The lowest BCUT2D eigenvalue weighted by atomic mass is 10.2. The number of pyridine rings is 1. The van der Waals surface area contributed by atoms with E-state index in [0.29, 0.717) is 12.3 Å². The molecular formula is C16H15BrClN3. The molecule has 0 aliphatic heterocycles. The van der Waals surface area contributed by atoms with Crippen molar-refractivity contribution in [2.24, 2.45) is 0 Å². The highest BCUT2D eigenvalue weighted by molar-refractivity contribution is 9.10. The Bertz CT molecular complexity index is 811. The molecule has 108 valence electrons. The molecule has 5 heteroatoms. The van der Waals surface area contributed by atoms with Crippen molar-refractivity contribution in [1.29, 1.82) is 0 Å². The van der Waals surface area contributed by atoms with Crippen molar-refractivity contribution in [3.05, 3.63) is 51.9 Å². The first-order chi connectivity index (χ1) is 10.1. The predicted octanol–water partition coefficient (Wildman–Crippen LogP) is 4.58. The summed E-state index contributed by atoms with van der Waals surface area (Å²) < 4.78 is 3.15. The van der Waals surface area contributed by atoms with Crippen molar-refractivity contribution in [2.75, 3.05) is 5.88 Å². The minimum absolute atomic E-state index is 0.537. The molecule has 0 aliphatic carbocycles. The Morgan fingerprint density at radius 1 is 1.19 bits per heavy atom. The molecule has 3 nitrogen and oxygen atoms in total. The summed E-state index contributed by atoms with van der Waals surface area (Å²) >= 11 is 9.49. The van der Waals surface area contributed by atoms with Crippen LogP contribution in [-0.4, -0.2) is 20.4 Å². The Kier molecular flexibility index (Phi) is 4.00. The van der Waals surface area contributed by atoms with Crippen molar-refractivity contribution < 1.29 is 0 Å². The van der Waals surface area contributed by atoms with E-state index in [0.717, 1.165) is 32.7 Å². The number of hydrogen-bond donors (Lipinski definition) is 0. The number of halogens is 2. The molecule has 2 aromatic heterocycles. The topological polar surface area (TPSA) is 30.7 Å². The van der Waals surface area contributed by atoms with E-state index in [1.807, 2.05) is 18.3 Å². The molecule has 0 saturated carbocycles. The van der Waals surface area contributed by atoms with Crippen molar-refractivity contribution in [3.63, 3.8) is 0 Å². The zero-order valence-electron chi connectivity index (χ0n) is 11.9. The summed E-state index contributed by atoms with van der Waals surface area (Å²) in [6.45, 7) is 4.15. The fourth-order valence-corrected chi connectivity index (χ4v) is 2.99. The van der Waals surface area contributed by atoms with Crippen LogP contribution in [0.3, 0.4) is 0 Å². The maximum absolute atomic E-state index is 5.95. The molecule has 0 N–H and O–H groups in total. The number of hydrogen-bond acceptors (Lipinski definition) is 2. The van der Waals surface area contributed by atoms with Crippen LogP contribution in [0.4, 0.5) is 0 Å². The lowest BCUT2D eigenvalue weighted by Crippen LogP contribution is -2.04. The summed E-state index contributed by atoms with van der Waals surface area (Å²) in [5, 5.41) is 0. The summed E-state index contributed by atoms with van der Waals surface area (Å²) in [5.41, 5.74) is 5.22. The molecule has 0 spiro atoms. The van der Waals surface area contributed by atoms with E-state index in [2.05, 4.69) is 51.5 Å². The first-order valence-electron chi connectivity index (χ1n) is 6.77. The fraction of sp³-hybridized carbons (Fsp3) is 0.250. The molecule has 0 saturated heterocycles. The molecule has 21 heavy (non-hydrogen) atoms. The van der Waals surface area contributed by atoms with E-state index in [9.17, 15) is 0 Å². The highest BCUT2D eigenvalue weighted by Crippen LogP contribution is 2.27. The van der Waals surface area contributed by atoms with Gasteiger partial charge in [-0.3, -0.25) is 4.57 Å². The second kappa shape index (κ2) is 5.78. The fourth-order valence-electron chi connectivity index (χ4n) is 2.47. The van der Waals surface area contributed by atoms with Crippen LogP contribution < -0.4 is 0 Å². The summed E-state index contributed by atoms with van der Waals surface area (Å²) in [7, 11) is 0. The predicted molar refractivity (Wildman–Crippen MR) is 90.5 cm³/mol. The largest absolute Gasteiger partial charge is 0.280 e. The van der Waals surface area contributed by atoms with Crippen LogP contribution in [0.15, 0.2) is 34.9 Å². The smallest absolute Gasteiger partial charge is 0.164 e. The normalized spacial score (nSPS) is 11.2. The van der Waals surface area contributed by atoms with Crippen LogP contribution >= 0.6 is 27.5 Å². The maximum atomic E-state index is 5.95. The Hall–Kier alpha value is -1.39. The third-order valence-corrected chi connectivity index (χ3v) is 4.23. The number of alkyl halides is 1. The van der Waals surface area contributed by atoms with E-state index >= 15 is 0 Å². The Balaban J connectivity index is 2.36. The lowest BCUT2D eigenvalue weighted by molar-refractivity contribution is 0.899. The summed E-state index contributed by atoms with van der Waals surface area (Å²) in [5.74, 6) is 1.48. The molecule has 3 rings (SSSR count). The number of aromatic nitrogens is 3. The van der Waals surface area contributed by atoms with Gasteiger partial charge in [-0.1, -0.05) is 22.0 Å². The van der Waals surface area contributed by atoms with Crippen molar-refractivity contribution in [3.8, 4) is 5.69 Å². The van der Waals surface area contributed by atoms with E-state index < -0.39 is 0 Å². The van der Waals surface area contributed by atoms with Gasteiger partial charge in [-0.05, 0) is 43.2 Å². The van der Waals surface area contributed by atoms with Gasteiger partial charge in [0.25, 0.3) is 0 Å². The van der Waals surface area contributed by atoms with Gasteiger partial charge in [-0.15, -0.1) is 11.6 Å². The molecule has 2 heterocycles. The van der Waals surface area contributed by atoms with Crippen LogP contribution in [0.25, 0.3) is 16.9 Å². The second-order valence-electron chi connectivity index (χ2n) is 5.03. The Morgan fingerprint density at radius 2 is 2.00 bits per heavy atom. The maximum Gasteiger partial charge on any atom is 0.164 e. The molecule has 0 fully saturated rings. The standard InChI is InChI=1S/C16H15BrClN3/c1-10-3-4-12(17)9-13(10)21-14(5-7-18)20-15-11(2)6-8-19-16(15)21/h3-4,6,8-9H,5,7H2,1-2H3. The first kappa shape index (κ1) is 14.5. The lowest BCUT2D eigenvalue weighted by Gasteiger charge is -2.11. The monoisotopic (exact) mass is 363 g/mol. The van der Waals surface area contributed by atoms with Gasteiger partial charge in [0.15, 0.2) is 5.65 Å². The average molecular weight is 365 g/mol. The van der Waals surface area contributed by atoms with Gasteiger partial charge in [0, 0.05) is 23.0 Å². The summed E-state index contributed by atoms with van der Waals surface area (Å²) in [6.07, 6.45) is 2.54. The van der Waals surface area contributed by atoms with E-state index in [4.69, 9.17) is 16.6 Å². The number of imidazole rings is 1. The van der Waals surface area contributed by atoms with Gasteiger partial charge < -0.3 is 0 Å². The number of nitrogens with zero attached hydrogens (tertiary/aromatic N) is 3. The van der Waals surface area contributed by atoms with Gasteiger partial charge in [-0.2, -0.15) is 0 Å². The van der Waals surface area contributed by atoms with Crippen LogP contribution in [0.5, 0.6) is 0 Å². The number of rotatable bonds is 3. The Morgan fingerprint density at radius 3 is 2.76 bits per heavy atom. The molecule has 0 atom stereocenters. The molecule has 1 aromatic carbocycles. The van der Waals surface area contributed by atoms with E-state index in [1.54, 1.807) is 0 Å². The highest BCUT2D eigenvalue weighted by Gasteiger charge is 2.16. The van der Waals surface area contributed by atoms with Gasteiger partial charge in [0.05, 0.1) is 5.69 Å². The number of benzene rings is 1. The number of aryl methyl sites for hydroxylation is 3. The van der Waals surface area contributed by atoms with Crippen LogP contribution in [-0.2, 0) is 6.42 Å². The molecule has 0 aliphatic rings. The van der Waals surface area contributed by atoms with Crippen LogP contribution in [0.2, 0.25) is 0 Å². The highest BCUT2D eigenvalue weighted by atomic mass is 79.9. The molecular weight excluding hydrogens is 350 g/mol. The molecule has 3 aromatic rings. The second-order valence-corrected chi connectivity index (χ2v) is 6.33. The third kappa shape index (κ3) is 2.58. The number of fused-ring (bicyclic) bond motifs is 1. The van der Waals surface area contributed by atoms with Crippen molar-refractivity contribution >= 4 is 38.7 Å². The molecule has 0 unspecified atom stereocenters. The van der Waals surface area contributed by atoms with E-state index in [-0.39, 0.29) is 0 Å². The van der Waals surface area contributed by atoms with Gasteiger partial charge in [0.2, 0.25) is 0 Å². The SMILES string of the molecule is Cc1ccc(Br)cc1-n1c(CCCl)nc2c(C)ccnc21. The van der Waals surface area contributed by atoms with Crippen molar-refractivity contribution in [1.82, 2.24) is 14.5 Å². The minimum atomic E-state index is 0.537. The summed E-state index contributed by atoms with van der Waals surface area (Å²) in [6, 6.07) is 8.21. The molecule has 0 bridgehead atoms. The quantitative estimate of drug-likeness (QED) is 0.637. The minimum Gasteiger partial charge on any atom is -0.280 e. The third-order valence-electron chi connectivity index (χ3n) is 3.55. The summed E-state index contributed by atoms with van der Waals surface area (Å²) in [4.78, 5) is 9.28. The zero-order valence-corrected chi connectivity index (χ0v) is 14.2. The average Bonchev–Trinajstić information content (AvgIpc) is 2.82. The Labute approximate surface area is 137 Å². The van der Waals surface area contributed by atoms with Crippen molar-refractivity contribution in [2.45, 2.75) is 20.3 Å². The molecule has 0 radical (unpaired) electrons. The van der Waals surface area contributed by atoms with Gasteiger partial charge in [0.1, 0.15) is 11.3 Å². The van der Waals surface area contributed by atoms with Gasteiger partial charge in [-0.25, -0.2) is 9.97 Å². The van der Waals surface area contributed by atoms with Crippen LogP contribution in [0.1, 0.15) is 17.0 Å².